The summed E-state index contributed by atoms with van der Waals surface area (Å²) in [4.78, 5) is 2.45. The molecule has 0 amide bonds. The van der Waals surface area contributed by atoms with E-state index < -0.39 is 5.60 Å². The summed E-state index contributed by atoms with van der Waals surface area (Å²) in [5.41, 5.74) is 2.10. The maximum absolute atomic E-state index is 10.3. The van der Waals surface area contributed by atoms with Crippen LogP contribution in [-0.4, -0.2) is 56.6 Å². The van der Waals surface area contributed by atoms with Crippen LogP contribution in [0.3, 0.4) is 0 Å². The lowest BCUT2D eigenvalue weighted by molar-refractivity contribution is -0.0461. The first-order valence-electron chi connectivity index (χ1n) is 8.85. The summed E-state index contributed by atoms with van der Waals surface area (Å²) in [6, 6.07) is 2.08. The third-order valence-corrected chi connectivity index (χ3v) is 5.58. The fourth-order valence-electron chi connectivity index (χ4n) is 3.85. The highest BCUT2D eigenvalue weighted by atomic mass is 16.5. The topological polar surface area (TPSA) is 51.2 Å². The van der Waals surface area contributed by atoms with Crippen molar-refractivity contribution in [1.29, 1.82) is 0 Å². The summed E-state index contributed by atoms with van der Waals surface area (Å²) in [6.45, 7) is 2.94. The fourth-order valence-corrected chi connectivity index (χ4v) is 3.85. The normalized spacial score (nSPS) is 19.8. The number of hydrogen-bond acceptors (Lipinski definition) is 5. The van der Waals surface area contributed by atoms with Crippen molar-refractivity contribution in [3.05, 3.63) is 17.2 Å². The third kappa shape index (κ3) is 3.33. The average molecular weight is 335 g/mol. The number of aliphatic hydroxyl groups is 1. The van der Waals surface area contributed by atoms with E-state index in [4.69, 9.17) is 14.2 Å². The van der Waals surface area contributed by atoms with Gasteiger partial charge in [0.25, 0.3) is 0 Å². The molecule has 0 bridgehead atoms. The van der Waals surface area contributed by atoms with Crippen LogP contribution in [0.1, 0.15) is 36.8 Å². The van der Waals surface area contributed by atoms with Gasteiger partial charge in [0, 0.05) is 25.2 Å². The van der Waals surface area contributed by atoms with Gasteiger partial charge in [0.05, 0.1) is 26.9 Å². The Labute approximate surface area is 144 Å². The Morgan fingerprint density at radius 2 is 1.75 bits per heavy atom. The van der Waals surface area contributed by atoms with Crippen LogP contribution in [0.5, 0.6) is 17.2 Å². The summed E-state index contributed by atoms with van der Waals surface area (Å²) in [6.07, 6.45) is 5.86. The molecule has 0 atom stereocenters. The number of methoxy groups -OCH3 is 3. The van der Waals surface area contributed by atoms with Gasteiger partial charge >= 0.3 is 0 Å². The number of rotatable bonds is 6. The van der Waals surface area contributed by atoms with Gasteiger partial charge in [0.15, 0.2) is 11.5 Å². The van der Waals surface area contributed by atoms with Crippen molar-refractivity contribution in [2.75, 3.05) is 41.0 Å². The van der Waals surface area contributed by atoms with E-state index in [9.17, 15) is 5.11 Å². The molecule has 24 heavy (non-hydrogen) atoms. The van der Waals surface area contributed by atoms with E-state index >= 15 is 0 Å². The van der Waals surface area contributed by atoms with Crippen LogP contribution in [0.25, 0.3) is 0 Å². The molecule has 134 valence electrons. The molecule has 0 spiro atoms. The predicted molar refractivity (Wildman–Crippen MR) is 93.4 cm³/mol. The van der Waals surface area contributed by atoms with E-state index in [-0.39, 0.29) is 0 Å². The standard InChI is InChI=1S/C19H29NO4/c1-22-16-13-14-5-10-20(12-9-19(21)7-4-8-19)11-6-15(14)17(23-2)18(16)24-3/h13,21H,4-12H2,1-3H3. The van der Waals surface area contributed by atoms with E-state index in [0.717, 1.165) is 63.2 Å². The molecule has 0 radical (unpaired) electrons. The van der Waals surface area contributed by atoms with Gasteiger partial charge in [-0.1, -0.05) is 0 Å². The largest absolute Gasteiger partial charge is 0.493 e. The average Bonchev–Trinajstić information content (AvgIpc) is 2.78. The Hall–Kier alpha value is -1.46. The minimum atomic E-state index is -0.400. The molecule has 2 aliphatic rings. The third-order valence-electron chi connectivity index (χ3n) is 5.58. The highest BCUT2D eigenvalue weighted by Crippen LogP contribution is 2.43. The monoisotopic (exact) mass is 335 g/mol. The second-order valence-corrected chi connectivity index (χ2v) is 6.95. The van der Waals surface area contributed by atoms with Gasteiger partial charge in [-0.3, -0.25) is 0 Å². The lowest BCUT2D eigenvalue weighted by Crippen LogP contribution is -2.41. The highest BCUT2D eigenvalue weighted by molar-refractivity contribution is 5.59. The van der Waals surface area contributed by atoms with E-state index in [1.807, 2.05) is 0 Å². The molecule has 0 unspecified atom stereocenters. The van der Waals surface area contributed by atoms with Crippen LogP contribution >= 0.6 is 0 Å². The minimum Gasteiger partial charge on any atom is -0.493 e. The molecular formula is C19H29NO4. The Morgan fingerprint density at radius 1 is 1.04 bits per heavy atom. The molecule has 1 aromatic carbocycles. The maximum Gasteiger partial charge on any atom is 0.203 e. The van der Waals surface area contributed by atoms with Crippen LogP contribution in [-0.2, 0) is 12.8 Å². The zero-order chi connectivity index (χ0) is 17.2. The molecule has 1 N–H and O–H groups in total. The van der Waals surface area contributed by atoms with Crippen molar-refractivity contribution in [2.24, 2.45) is 0 Å². The Balaban J connectivity index is 1.74. The maximum atomic E-state index is 10.3. The van der Waals surface area contributed by atoms with Crippen molar-refractivity contribution in [2.45, 2.75) is 44.1 Å². The molecule has 5 heteroatoms. The van der Waals surface area contributed by atoms with Gasteiger partial charge in [0.1, 0.15) is 0 Å². The van der Waals surface area contributed by atoms with E-state index in [1.54, 1.807) is 21.3 Å². The number of fused-ring (bicyclic) bond motifs is 1. The lowest BCUT2D eigenvalue weighted by atomic mass is 9.78. The van der Waals surface area contributed by atoms with Crippen LogP contribution in [0.15, 0.2) is 6.07 Å². The molecular weight excluding hydrogens is 306 g/mol. The zero-order valence-electron chi connectivity index (χ0n) is 15.1. The predicted octanol–water partition coefficient (Wildman–Crippen LogP) is 2.42. The molecule has 1 aliphatic heterocycles. The fraction of sp³-hybridized carbons (Fsp3) is 0.684. The smallest absolute Gasteiger partial charge is 0.203 e. The van der Waals surface area contributed by atoms with Crippen molar-refractivity contribution in [1.82, 2.24) is 4.90 Å². The number of hydrogen-bond donors (Lipinski definition) is 1. The molecule has 1 heterocycles. The quantitative estimate of drug-likeness (QED) is 0.865. The molecule has 0 aromatic heterocycles. The molecule has 1 saturated carbocycles. The van der Waals surface area contributed by atoms with Gasteiger partial charge in [-0.25, -0.2) is 0 Å². The van der Waals surface area contributed by atoms with Crippen molar-refractivity contribution in [3.8, 4) is 17.2 Å². The molecule has 1 fully saturated rings. The van der Waals surface area contributed by atoms with Gasteiger partial charge in [-0.2, -0.15) is 0 Å². The van der Waals surface area contributed by atoms with E-state index in [1.165, 1.54) is 17.5 Å². The van der Waals surface area contributed by atoms with E-state index in [2.05, 4.69) is 11.0 Å². The lowest BCUT2D eigenvalue weighted by Gasteiger charge is -2.38. The molecule has 1 aliphatic carbocycles. The van der Waals surface area contributed by atoms with Gasteiger partial charge in [0.2, 0.25) is 5.75 Å². The summed E-state index contributed by atoms with van der Waals surface area (Å²) < 4.78 is 16.6. The molecule has 3 rings (SSSR count). The second kappa shape index (κ2) is 7.19. The first-order valence-corrected chi connectivity index (χ1v) is 8.85. The molecule has 0 saturated heterocycles. The first kappa shape index (κ1) is 17.4. The Kier molecular flexibility index (Phi) is 5.21. The van der Waals surface area contributed by atoms with Gasteiger partial charge in [-0.15, -0.1) is 0 Å². The van der Waals surface area contributed by atoms with Crippen LogP contribution in [0, 0.1) is 0 Å². The Bertz CT molecular complexity index is 583. The zero-order valence-corrected chi connectivity index (χ0v) is 15.1. The van der Waals surface area contributed by atoms with Crippen LogP contribution in [0.4, 0.5) is 0 Å². The van der Waals surface area contributed by atoms with Crippen LogP contribution in [0.2, 0.25) is 0 Å². The minimum absolute atomic E-state index is 0.400. The summed E-state index contributed by atoms with van der Waals surface area (Å²) in [5.74, 6) is 2.20. The number of benzene rings is 1. The van der Waals surface area contributed by atoms with Crippen molar-refractivity contribution >= 4 is 0 Å². The number of nitrogens with zero attached hydrogens (tertiary/aromatic N) is 1. The van der Waals surface area contributed by atoms with Gasteiger partial charge < -0.3 is 24.2 Å². The van der Waals surface area contributed by atoms with Crippen molar-refractivity contribution in [3.63, 3.8) is 0 Å². The molecule has 1 aromatic rings. The summed E-state index contributed by atoms with van der Waals surface area (Å²) in [7, 11) is 4.99. The Morgan fingerprint density at radius 3 is 2.33 bits per heavy atom. The summed E-state index contributed by atoms with van der Waals surface area (Å²) >= 11 is 0. The first-order chi connectivity index (χ1) is 11.6. The van der Waals surface area contributed by atoms with Crippen molar-refractivity contribution < 1.29 is 19.3 Å². The second-order valence-electron chi connectivity index (χ2n) is 6.95. The molecule has 5 nitrogen and oxygen atoms in total. The number of ether oxygens (including phenoxy) is 3. The SMILES string of the molecule is COc1cc2c(c(OC)c1OC)CCN(CCC1(O)CCC1)CC2. The van der Waals surface area contributed by atoms with E-state index in [0.29, 0.717) is 5.75 Å². The highest BCUT2D eigenvalue weighted by Gasteiger charge is 2.34. The van der Waals surface area contributed by atoms with Crippen LogP contribution < -0.4 is 14.2 Å². The summed E-state index contributed by atoms with van der Waals surface area (Å²) in [5, 5.41) is 10.3. The van der Waals surface area contributed by atoms with Gasteiger partial charge in [-0.05, 0) is 50.2 Å².